The van der Waals surface area contributed by atoms with Crippen molar-refractivity contribution in [3.63, 3.8) is 0 Å². The molecule has 2 aromatic rings. The molecular formula is C44H50OS2. The summed E-state index contributed by atoms with van der Waals surface area (Å²) in [6.07, 6.45) is 0.981. The fraction of sp³-hybridized carbons (Fsp3) is 0.386. The molecule has 4 aliphatic carbocycles. The molecule has 4 aliphatic rings. The molecule has 0 N–H and O–H groups in total. The van der Waals surface area contributed by atoms with Gasteiger partial charge in [0.15, 0.2) is 6.29 Å². The highest BCUT2D eigenvalue weighted by Crippen LogP contribution is 2.52. The fourth-order valence-corrected chi connectivity index (χ4v) is 9.40. The highest BCUT2D eigenvalue weighted by atomic mass is 32.1. The minimum Gasteiger partial charge on any atom is -0.297 e. The molecule has 47 heavy (non-hydrogen) atoms. The largest absolute Gasteiger partial charge is 0.297 e. The van der Waals surface area contributed by atoms with Crippen molar-refractivity contribution >= 4 is 38.4 Å². The van der Waals surface area contributed by atoms with Gasteiger partial charge in [0, 0.05) is 20.2 Å². The van der Waals surface area contributed by atoms with Gasteiger partial charge in [0.1, 0.15) is 0 Å². The molecule has 1 nitrogen and oxygen atoms in total. The van der Waals surface area contributed by atoms with Gasteiger partial charge in [0.05, 0.1) is 4.88 Å². The van der Waals surface area contributed by atoms with E-state index in [1.165, 1.54) is 69.9 Å². The minimum absolute atomic E-state index is 0.0231. The van der Waals surface area contributed by atoms with Crippen LogP contribution in [0, 0.1) is 0 Å². The van der Waals surface area contributed by atoms with Gasteiger partial charge in [0.2, 0.25) is 0 Å². The van der Waals surface area contributed by atoms with Gasteiger partial charge in [-0.05, 0) is 89.4 Å². The maximum atomic E-state index is 11.7. The summed E-state index contributed by atoms with van der Waals surface area (Å²) in [4.78, 5) is 13.8. The Labute approximate surface area is 290 Å². The lowest BCUT2D eigenvalue weighted by atomic mass is 9.85. The summed E-state index contributed by atoms with van der Waals surface area (Å²) in [5.74, 6) is 0.0393. The van der Waals surface area contributed by atoms with Crippen LogP contribution in [-0.2, 0) is 21.7 Å². The lowest BCUT2D eigenvalue weighted by Gasteiger charge is -2.19. The second-order valence-corrected chi connectivity index (χ2v) is 19.7. The van der Waals surface area contributed by atoms with Crippen LogP contribution in [0.1, 0.15) is 137 Å². The van der Waals surface area contributed by atoms with E-state index in [4.69, 9.17) is 0 Å². The first-order chi connectivity index (χ1) is 21.8. The average molecular weight is 659 g/mol. The number of hydrogen-bond acceptors (Lipinski definition) is 3. The first kappa shape index (κ1) is 33.6. The van der Waals surface area contributed by atoms with E-state index in [-0.39, 0.29) is 27.6 Å². The number of aldehydes is 1. The van der Waals surface area contributed by atoms with Crippen LogP contribution in [0.3, 0.4) is 0 Å². The van der Waals surface area contributed by atoms with Gasteiger partial charge in [0.25, 0.3) is 0 Å². The van der Waals surface area contributed by atoms with Crippen molar-refractivity contribution in [2.45, 2.75) is 111 Å². The molecule has 0 spiro atoms. The van der Waals surface area contributed by atoms with Crippen molar-refractivity contribution in [2.75, 3.05) is 0 Å². The quantitative estimate of drug-likeness (QED) is 0.172. The molecular weight excluding hydrogens is 609 g/mol. The summed E-state index contributed by atoms with van der Waals surface area (Å²) in [7, 11) is 0. The van der Waals surface area contributed by atoms with Crippen LogP contribution in [-0.4, -0.2) is 6.29 Å². The highest BCUT2D eigenvalue weighted by Gasteiger charge is 2.34. The van der Waals surface area contributed by atoms with Crippen LogP contribution >= 0.6 is 22.7 Å². The molecule has 2 heterocycles. The highest BCUT2D eigenvalue weighted by molar-refractivity contribution is 7.28. The number of carbonyl (C=O) groups excluding carboxylic acids is 1. The van der Waals surface area contributed by atoms with E-state index in [0.717, 1.165) is 11.2 Å². The van der Waals surface area contributed by atoms with Gasteiger partial charge in [-0.1, -0.05) is 144 Å². The zero-order valence-corrected chi connectivity index (χ0v) is 31.9. The molecule has 0 amide bonds. The maximum Gasteiger partial charge on any atom is 0.160 e. The van der Waals surface area contributed by atoms with Crippen molar-refractivity contribution in [2.24, 2.45) is 0 Å². The van der Waals surface area contributed by atoms with Crippen LogP contribution in [0.5, 0.6) is 0 Å². The summed E-state index contributed by atoms with van der Waals surface area (Å²) < 4.78 is 2.38. The molecule has 0 aliphatic heterocycles. The summed E-state index contributed by atoms with van der Waals surface area (Å²) in [6, 6.07) is 28.3. The first-order valence-corrected chi connectivity index (χ1v) is 18.5. The molecule has 0 atom stereocenters. The third-order valence-electron chi connectivity index (χ3n) is 9.72. The lowest BCUT2D eigenvalue weighted by Crippen LogP contribution is -2.11. The molecule has 3 heteroatoms. The Balaban J connectivity index is 1.72. The van der Waals surface area contributed by atoms with E-state index in [2.05, 4.69) is 156 Å². The predicted octanol–water partition coefficient (Wildman–Crippen LogP) is 13.4. The second-order valence-electron chi connectivity index (χ2n) is 17.5. The molecule has 6 rings (SSSR count). The van der Waals surface area contributed by atoms with E-state index >= 15 is 0 Å². The smallest absolute Gasteiger partial charge is 0.160 e. The van der Waals surface area contributed by atoms with Crippen LogP contribution in [0.25, 0.3) is 31.7 Å². The predicted molar refractivity (Wildman–Crippen MR) is 207 cm³/mol. The van der Waals surface area contributed by atoms with Gasteiger partial charge in [-0.25, -0.2) is 0 Å². The summed E-state index contributed by atoms with van der Waals surface area (Å²) in [6.45, 7) is 27.8. The minimum atomic E-state index is -0.0231. The van der Waals surface area contributed by atoms with Gasteiger partial charge < -0.3 is 0 Å². The molecule has 0 aromatic carbocycles. The van der Waals surface area contributed by atoms with E-state index in [1.807, 2.05) is 11.3 Å². The molecule has 2 aromatic heterocycles. The van der Waals surface area contributed by atoms with Crippen molar-refractivity contribution in [1.82, 2.24) is 0 Å². The average Bonchev–Trinajstić information content (AvgIpc) is 3.61. The molecule has 0 saturated carbocycles. The second kappa shape index (κ2) is 11.4. The van der Waals surface area contributed by atoms with Crippen LogP contribution in [0.2, 0.25) is 0 Å². The summed E-state index contributed by atoms with van der Waals surface area (Å²) in [5.41, 5.74) is 13.5. The van der Waals surface area contributed by atoms with Gasteiger partial charge >= 0.3 is 0 Å². The van der Waals surface area contributed by atoms with Crippen molar-refractivity contribution in [3.05, 3.63) is 116 Å². The van der Waals surface area contributed by atoms with Crippen molar-refractivity contribution in [1.29, 1.82) is 0 Å². The zero-order chi connectivity index (χ0) is 34.3. The Hall–Kier alpha value is -3.27. The van der Waals surface area contributed by atoms with E-state index in [0.29, 0.717) is 0 Å². The van der Waals surface area contributed by atoms with E-state index in [1.54, 1.807) is 11.3 Å². The number of thiophene rings is 2. The Bertz CT molecular complexity index is 1900. The van der Waals surface area contributed by atoms with Gasteiger partial charge in [-0.3, -0.25) is 4.79 Å². The van der Waals surface area contributed by atoms with E-state index in [9.17, 15) is 4.79 Å². The third kappa shape index (κ3) is 6.22. The Morgan fingerprint density at radius 3 is 1.26 bits per heavy atom. The standard InChI is InChI=1S/C44H50OS2/c1-41(2,3)26-13-17-29-31(19-15-26)35(43(7,8)9)22-33(29)40(39-24-38-37(47-39)21-28(25-45)46-38)34-23-36(44(10,11)12)32-20-16-27(42(4,5)6)14-18-30(32)34/h13-25,40H,1-12H3. The molecule has 0 fully saturated rings. The lowest BCUT2D eigenvalue weighted by molar-refractivity contribution is 0.112. The van der Waals surface area contributed by atoms with Gasteiger partial charge in [-0.2, -0.15) is 0 Å². The summed E-state index contributed by atoms with van der Waals surface area (Å²) in [5, 5.41) is 0. The monoisotopic (exact) mass is 658 g/mol. The Kier molecular flexibility index (Phi) is 8.17. The van der Waals surface area contributed by atoms with Gasteiger partial charge in [-0.15, -0.1) is 22.7 Å². The maximum absolute atomic E-state index is 11.7. The molecule has 0 radical (unpaired) electrons. The van der Waals surface area contributed by atoms with Crippen molar-refractivity contribution in [3.8, 4) is 22.3 Å². The normalized spacial score (nSPS) is 13.4. The van der Waals surface area contributed by atoms with Crippen LogP contribution in [0.15, 0.2) is 72.8 Å². The number of fused-ring (bicyclic) bond motifs is 3. The first-order valence-electron chi connectivity index (χ1n) is 16.9. The zero-order valence-electron chi connectivity index (χ0n) is 30.3. The third-order valence-corrected chi connectivity index (χ3v) is 12.0. The van der Waals surface area contributed by atoms with E-state index < -0.39 is 0 Å². The fourth-order valence-electron chi connectivity index (χ4n) is 7.02. The Morgan fingerprint density at radius 1 is 0.489 bits per heavy atom. The topological polar surface area (TPSA) is 17.1 Å². The van der Waals surface area contributed by atoms with Crippen molar-refractivity contribution < 1.29 is 4.79 Å². The number of hydrogen-bond donors (Lipinski definition) is 0. The Morgan fingerprint density at radius 2 is 0.894 bits per heavy atom. The summed E-state index contributed by atoms with van der Waals surface area (Å²) >= 11 is 3.44. The molecule has 244 valence electrons. The van der Waals surface area contributed by atoms with Crippen LogP contribution in [0.4, 0.5) is 0 Å². The van der Waals surface area contributed by atoms with Crippen LogP contribution < -0.4 is 0 Å². The SMILES string of the molecule is CC(C)(C)c1ccc2c(C(c3cc4sc(C=O)cc4s3)c3cc(C(C)(C)C)c4ccc(C(C)(C)C)ccc3-4)cc(C(C)(C)C)c-2cc1. The molecule has 0 saturated heterocycles. The molecule has 0 unspecified atom stereocenters. The number of carbonyl (C=O) groups is 1. The molecule has 0 bridgehead atoms. The number of rotatable bonds is 4.